The van der Waals surface area contributed by atoms with Crippen molar-refractivity contribution in [3.8, 4) is 0 Å². The van der Waals surface area contributed by atoms with Crippen LogP contribution in [0.1, 0.15) is 32.1 Å². The molecular formula is C15H21N5O3S. The predicted octanol–water partition coefficient (Wildman–Crippen LogP) is 0.871. The molecule has 1 aliphatic rings. The quantitative estimate of drug-likeness (QED) is 0.830. The highest BCUT2D eigenvalue weighted by molar-refractivity contribution is 7.89. The molecule has 8 nitrogen and oxygen atoms in total. The molecule has 1 aliphatic heterocycles. The molecule has 0 unspecified atom stereocenters. The van der Waals surface area contributed by atoms with Gasteiger partial charge in [0.15, 0.2) is 0 Å². The number of amides is 1. The van der Waals surface area contributed by atoms with Crippen LogP contribution in [0, 0.1) is 0 Å². The normalized spacial score (nSPS) is 16.5. The van der Waals surface area contributed by atoms with E-state index in [1.165, 1.54) is 4.31 Å². The zero-order chi connectivity index (χ0) is 17.2. The van der Waals surface area contributed by atoms with Gasteiger partial charge in [0.2, 0.25) is 15.9 Å². The maximum atomic E-state index is 12.7. The number of hydrogen-bond acceptors (Lipinski definition) is 5. The Morgan fingerprint density at radius 1 is 1.21 bits per heavy atom. The van der Waals surface area contributed by atoms with E-state index in [1.54, 1.807) is 22.9 Å². The first-order chi connectivity index (χ1) is 11.5. The fourth-order valence-electron chi connectivity index (χ4n) is 2.93. The van der Waals surface area contributed by atoms with Crippen molar-refractivity contribution >= 4 is 27.0 Å². The summed E-state index contributed by atoms with van der Waals surface area (Å²) in [5.41, 5.74) is 6.41. The molecule has 0 aliphatic carbocycles. The van der Waals surface area contributed by atoms with Gasteiger partial charge in [-0.1, -0.05) is 11.6 Å². The van der Waals surface area contributed by atoms with Crippen LogP contribution in [0.4, 0.5) is 0 Å². The van der Waals surface area contributed by atoms with Crippen LogP contribution in [-0.4, -0.2) is 46.7 Å². The molecule has 1 saturated heterocycles. The van der Waals surface area contributed by atoms with Crippen LogP contribution in [0.25, 0.3) is 11.0 Å². The summed E-state index contributed by atoms with van der Waals surface area (Å²) in [6.07, 6.45) is 3.73. The third-order valence-electron chi connectivity index (χ3n) is 4.23. The van der Waals surface area contributed by atoms with Crippen LogP contribution < -0.4 is 5.73 Å². The monoisotopic (exact) mass is 351 g/mol. The van der Waals surface area contributed by atoms with Gasteiger partial charge in [-0.2, -0.15) is 4.31 Å². The lowest BCUT2D eigenvalue weighted by Gasteiger charge is -2.25. The number of nitrogens with two attached hydrogens (primary N) is 1. The lowest BCUT2D eigenvalue weighted by Crippen LogP contribution is -2.35. The van der Waals surface area contributed by atoms with E-state index in [0.29, 0.717) is 31.6 Å². The molecular weight excluding hydrogens is 330 g/mol. The zero-order valence-electron chi connectivity index (χ0n) is 13.4. The van der Waals surface area contributed by atoms with Gasteiger partial charge in [-0.15, -0.1) is 5.10 Å². The molecule has 0 atom stereocenters. The molecule has 2 heterocycles. The summed E-state index contributed by atoms with van der Waals surface area (Å²) in [6, 6.07) is 4.88. The van der Waals surface area contributed by atoms with Crippen LogP contribution >= 0.6 is 0 Å². The maximum Gasteiger partial charge on any atom is 0.243 e. The summed E-state index contributed by atoms with van der Waals surface area (Å²) in [7, 11) is -3.48. The molecule has 9 heteroatoms. The van der Waals surface area contributed by atoms with Gasteiger partial charge in [0.1, 0.15) is 5.52 Å². The fraction of sp³-hybridized carbons (Fsp3) is 0.533. The zero-order valence-corrected chi connectivity index (χ0v) is 14.2. The Balaban J connectivity index is 1.83. The topological polar surface area (TPSA) is 111 Å². The highest BCUT2D eigenvalue weighted by Crippen LogP contribution is 2.23. The van der Waals surface area contributed by atoms with Gasteiger partial charge in [-0.3, -0.25) is 4.79 Å². The largest absolute Gasteiger partial charge is 0.370 e. The number of aromatic nitrogens is 3. The second-order valence-electron chi connectivity index (χ2n) is 6.00. The first-order valence-corrected chi connectivity index (χ1v) is 9.54. The Labute approximate surface area is 140 Å². The Bertz CT molecular complexity index is 840. The van der Waals surface area contributed by atoms with Crippen molar-refractivity contribution in [3.05, 3.63) is 18.2 Å². The van der Waals surface area contributed by atoms with Crippen LogP contribution in [0.2, 0.25) is 0 Å². The van der Waals surface area contributed by atoms with Crippen LogP contribution in [0.15, 0.2) is 23.1 Å². The summed E-state index contributed by atoms with van der Waals surface area (Å²) in [5, 5.41) is 8.08. The van der Waals surface area contributed by atoms with E-state index in [2.05, 4.69) is 10.3 Å². The smallest absolute Gasteiger partial charge is 0.243 e. The van der Waals surface area contributed by atoms with Gasteiger partial charge < -0.3 is 5.73 Å². The van der Waals surface area contributed by atoms with Crippen LogP contribution in [-0.2, 0) is 21.4 Å². The van der Waals surface area contributed by atoms with E-state index in [-0.39, 0.29) is 17.2 Å². The van der Waals surface area contributed by atoms with E-state index < -0.39 is 10.0 Å². The van der Waals surface area contributed by atoms with Crippen LogP contribution in [0.5, 0.6) is 0 Å². The molecule has 24 heavy (non-hydrogen) atoms. The average Bonchev–Trinajstić information content (AvgIpc) is 2.98. The van der Waals surface area contributed by atoms with Crippen molar-refractivity contribution in [3.63, 3.8) is 0 Å². The number of hydrogen-bond donors (Lipinski definition) is 1. The third-order valence-corrected chi connectivity index (χ3v) is 6.13. The summed E-state index contributed by atoms with van der Waals surface area (Å²) < 4.78 is 28.6. The van der Waals surface area contributed by atoms with E-state index in [4.69, 9.17) is 5.73 Å². The number of carbonyl (C=O) groups is 1. The van der Waals surface area contributed by atoms with E-state index in [0.717, 1.165) is 24.8 Å². The Morgan fingerprint density at radius 3 is 2.67 bits per heavy atom. The summed E-state index contributed by atoms with van der Waals surface area (Å²) in [6.45, 7) is 1.65. The number of nitrogens with zero attached hydrogens (tertiary/aromatic N) is 4. The fourth-order valence-corrected chi connectivity index (χ4v) is 4.47. The molecule has 0 saturated carbocycles. The molecule has 130 valence electrons. The van der Waals surface area contributed by atoms with Crippen molar-refractivity contribution in [1.82, 2.24) is 19.3 Å². The van der Waals surface area contributed by atoms with E-state index in [1.807, 2.05) is 0 Å². The lowest BCUT2D eigenvalue weighted by atomic mass is 10.2. The minimum atomic E-state index is -3.48. The van der Waals surface area contributed by atoms with Crippen molar-refractivity contribution in [1.29, 1.82) is 0 Å². The molecule has 2 aromatic rings. The molecule has 1 aromatic heterocycles. The molecule has 1 aromatic carbocycles. The van der Waals surface area contributed by atoms with Gasteiger partial charge in [0.05, 0.1) is 10.4 Å². The Hall–Kier alpha value is -2.00. The van der Waals surface area contributed by atoms with Crippen molar-refractivity contribution in [2.45, 2.75) is 43.5 Å². The molecule has 0 bridgehead atoms. The summed E-state index contributed by atoms with van der Waals surface area (Å²) in [5.74, 6) is -0.352. The number of benzene rings is 1. The second kappa shape index (κ2) is 6.86. The number of primary amides is 1. The van der Waals surface area contributed by atoms with Crippen molar-refractivity contribution in [2.75, 3.05) is 13.1 Å². The number of fused-ring (bicyclic) bond motifs is 1. The molecule has 0 spiro atoms. The molecule has 0 radical (unpaired) electrons. The van der Waals surface area contributed by atoms with Crippen molar-refractivity contribution < 1.29 is 13.2 Å². The van der Waals surface area contributed by atoms with E-state index in [9.17, 15) is 13.2 Å². The number of carbonyl (C=O) groups excluding carboxylic acids is 1. The predicted molar refractivity (Wildman–Crippen MR) is 88.6 cm³/mol. The van der Waals surface area contributed by atoms with Gasteiger partial charge in [-0.25, -0.2) is 13.1 Å². The SMILES string of the molecule is NC(=O)CCCn1nnc2cc(S(=O)(=O)N3CCCCC3)ccc21. The van der Waals surface area contributed by atoms with Crippen LogP contribution in [0.3, 0.4) is 0 Å². The minimum absolute atomic E-state index is 0.251. The second-order valence-corrected chi connectivity index (χ2v) is 7.94. The summed E-state index contributed by atoms with van der Waals surface area (Å²) >= 11 is 0. The van der Waals surface area contributed by atoms with Gasteiger partial charge in [0, 0.05) is 26.1 Å². The summed E-state index contributed by atoms with van der Waals surface area (Å²) in [4.78, 5) is 11.1. The van der Waals surface area contributed by atoms with E-state index >= 15 is 0 Å². The standard InChI is InChI=1S/C15H21N5O3S/c16-15(21)5-4-10-20-14-7-6-12(11-13(14)17-18-20)24(22,23)19-8-2-1-3-9-19/h6-7,11H,1-5,8-10H2,(H2,16,21). The average molecular weight is 351 g/mol. The van der Waals surface area contributed by atoms with Gasteiger partial charge in [-0.05, 0) is 37.5 Å². The van der Waals surface area contributed by atoms with Crippen molar-refractivity contribution in [2.24, 2.45) is 5.73 Å². The number of rotatable bonds is 6. The third kappa shape index (κ3) is 3.41. The Morgan fingerprint density at radius 2 is 1.96 bits per heavy atom. The number of sulfonamides is 1. The molecule has 2 N–H and O–H groups in total. The highest BCUT2D eigenvalue weighted by Gasteiger charge is 2.26. The molecule has 1 fully saturated rings. The molecule has 3 rings (SSSR count). The number of aryl methyl sites for hydroxylation is 1. The minimum Gasteiger partial charge on any atom is -0.370 e. The Kier molecular flexibility index (Phi) is 4.81. The highest BCUT2D eigenvalue weighted by atomic mass is 32.2. The lowest BCUT2D eigenvalue weighted by molar-refractivity contribution is -0.118. The van der Waals surface area contributed by atoms with Gasteiger partial charge >= 0.3 is 0 Å². The first kappa shape index (κ1) is 16.8. The number of piperidine rings is 1. The van der Waals surface area contributed by atoms with Gasteiger partial charge in [0.25, 0.3) is 0 Å². The maximum absolute atomic E-state index is 12.7. The first-order valence-electron chi connectivity index (χ1n) is 8.10. The molecule has 1 amide bonds.